The van der Waals surface area contributed by atoms with Crippen LogP contribution >= 0.6 is 11.3 Å². The van der Waals surface area contributed by atoms with Crippen LogP contribution in [0.1, 0.15) is 10.4 Å². The van der Waals surface area contributed by atoms with Crippen LogP contribution in [0.25, 0.3) is 11.3 Å². The van der Waals surface area contributed by atoms with E-state index in [1.807, 2.05) is 72.1 Å². The number of thiazole rings is 1. The molecule has 0 saturated carbocycles. The van der Waals surface area contributed by atoms with Gasteiger partial charge in [-0.05, 0) is 36.4 Å². The lowest BCUT2D eigenvalue weighted by Gasteiger charge is -2.06. The Balaban J connectivity index is 1.43. The molecule has 1 heterocycles. The molecule has 0 unspecified atom stereocenters. The highest BCUT2D eigenvalue weighted by molar-refractivity contribution is 7.14. The van der Waals surface area contributed by atoms with Crippen LogP contribution in [0.2, 0.25) is 0 Å². The maximum atomic E-state index is 12.3. The third-order valence-electron chi connectivity index (χ3n) is 4.30. The summed E-state index contributed by atoms with van der Waals surface area (Å²) < 4.78 is 5.25. The first-order chi connectivity index (χ1) is 14.2. The minimum absolute atomic E-state index is 0.128. The molecule has 3 aromatic carbocycles. The second kappa shape index (κ2) is 8.58. The molecule has 2 N–H and O–H groups in total. The molecule has 4 rings (SSSR count). The summed E-state index contributed by atoms with van der Waals surface area (Å²) >= 11 is 1.53. The predicted octanol–water partition coefficient (Wildman–Crippen LogP) is 5.81. The molecule has 0 aliphatic carbocycles. The molecule has 0 spiro atoms. The fourth-order valence-electron chi connectivity index (χ4n) is 2.81. The van der Waals surface area contributed by atoms with Crippen molar-refractivity contribution in [2.45, 2.75) is 0 Å². The van der Waals surface area contributed by atoms with Gasteiger partial charge in [0.25, 0.3) is 5.91 Å². The van der Waals surface area contributed by atoms with Gasteiger partial charge in [0.05, 0.1) is 12.8 Å². The largest absolute Gasteiger partial charge is 0.497 e. The lowest BCUT2D eigenvalue weighted by Crippen LogP contribution is -2.11. The van der Waals surface area contributed by atoms with Gasteiger partial charge in [0.2, 0.25) is 0 Å². The second-order valence-electron chi connectivity index (χ2n) is 6.29. The molecule has 0 aliphatic rings. The number of hydrogen-bond acceptors (Lipinski definition) is 5. The van der Waals surface area contributed by atoms with Gasteiger partial charge in [0.1, 0.15) is 5.75 Å². The van der Waals surface area contributed by atoms with Gasteiger partial charge in [-0.3, -0.25) is 4.79 Å². The van der Waals surface area contributed by atoms with Gasteiger partial charge in [-0.25, -0.2) is 4.98 Å². The van der Waals surface area contributed by atoms with Crippen LogP contribution in [0.4, 0.5) is 16.5 Å². The molecule has 0 radical (unpaired) electrons. The van der Waals surface area contributed by atoms with E-state index in [4.69, 9.17) is 4.74 Å². The molecule has 4 aromatic rings. The molecule has 0 saturated heterocycles. The topological polar surface area (TPSA) is 63.2 Å². The summed E-state index contributed by atoms with van der Waals surface area (Å²) in [5, 5.41) is 9.00. The van der Waals surface area contributed by atoms with Crippen molar-refractivity contribution >= 4 is 33.8 Å². The molecular formula is C23H19N3O2S. The maximum Gasteiger partial charge on any atom is 0.255 e. The zero-order valence-electron chi connectivity index (χ0n) is 15.8. The van der Waals surface area contributed by atoms with Crippen LogP contribution in [0.15, 0.2) is 84.2 Å². The molecule has 0 bridgehead atoms. The number of nitrogens with zero attached hydrogens (tertiary/aromatic N) is 1. The quantitative estimate of drug-likeness (QED) is 0.428. The molecule has 5 nitrogen and oxygen atoms in total. The molecule has 0 aliphatic heterocycles. The molecule has 6 heteroatoms. The number of anilines is 3. The SMILES string of the molecule is COc1cccc(Nc2nc(-c3ccc(NC(=O)c4ccccc4)cc3)cs2)c1. The Morgan fingerprint density at radius 1 is 0.931 bits per heavy atom. The van der Waals surface area contributed by atoms with Crippen molar-refractivity contribution in [3.05, 3.63) is 89.8 Å². The average molecular weight is 401 g/mol. The first-order valence-electron chi connectivity index (χ1n) is 9.05. The van der Waals surface area contributed by atoms with Crippen LogP contribution in [0.5, 0.6) is 5.75 Å². The fourth-order valence-corrected chi connectivity index (χ4v) is 3.55. The Kier molecular flexibility index (Phi) is 5.54. The summed E-state index contributed by atoms with van der Waals surface area (Å²) in [4.78, 5) is 16.9. The summed E-state index contributed by atoms with van der Waals surface area (Å²) in [6.07, 6.45) is 0. The highest BCUT2D eigenvalue weighted by Gasteiger charge is 2.08. The Bertz CT molecular complexity index is 1110. The van der Waals surface area contributed by atoms with Gasteiger partial charge >= 0.3 is 0 Å². The van der Waals surface area contributed by atoms with Gasteiger partial charge in [-0.15, -0.1) is 11.3 Å². The van der Waals surface area contributed by atoms with Gasteiger partial charge in [0.15, 0.2) is 5.13 Å². The Labute approximate surface area is 173 Å². The predicted molar refractivity (Wildman–Crippen MR) is 118 cm³/mol. The van der Waals surface area contributed by atoms with Crippen LogP contribution in [-0.4, -0.2) is 18.0 Å². The minimum atomic E-state index is -0.128. The molecule has 144 valence electrons. The van der Waals surface area contributed by atoms with Crippen molar-refractivity contribution in [2.75, 3.05) is 17.7 Å². The van der Waals surface area contributed by atoms with Crippen LogP contribution < -0.4 is 15.4 Å². The van der Waals surface area contributed by atoms with Crippen molar-refractivity contribution < 1.29 is 9.53 Å². The highest BCUT2D eigenvalue weighted by atomic mass is 32.1. The number of carbonyl (C=O) groups is 1. The first-order valence-corrected chi connectivity index (χ1v) is 9.93. The number of aromatic nitrogens is 1. The van der Waals surface area contributed by atoms with E-state index in [0.29, 0.717) is 5.56 Å². The van der Waals surface area contributed by atoms with E-state index in [1.54, 1.807) is 19.2 Å². The smallest absolute Gasteiger partial charge is 0.255 e. The number of amides is 1. The van der Waals surface area contributed by atoms with Crippen LogP contribution in [0, 0.1) is 0 Å². The fraction of sp³-hybridized carbons (Fsp3) is 0.0435. The summed E-state index contributed by atoms with van der Waals surface area (Å²) in [6.45, 7) is 0. The molecular weight excluding hydrogens is 382 g/mol. The summed E-state index contributed by atoms with van der Waals surface area (Å²) in [5.41, 5.74) is 4.15. The van der Waals surface area contributed by atoms with E-state index in [1.165, 1.54) is 11.3 Å². The van der Waals surface area contributed by atoms with Crippen molar-refractivity contribution in [1.29, 1.82) is 0 Å². The summed E-state index contributed by atoms with van der Waals surface area (Å²) in [7, 11) is 1.65. The van der Waals surface area contributed by atoms with Crippen molar-refractivity contribution in [3.63, 3.8) is 0 Å². The molecule has 0 atom stereocenters. The Morgan fingerprint density at radius 3 is 2.48 bits per heavy atom. The van der Waals surface area contributed by atoms with E-state index in [2.05, 4.69) is 15.6 Å². The van der Waals surface area contributed by atoms with Crippen molar-refractivity contribution in [1.82, 2.24) is 4.98 Å². The number of hydrogen-bond donors (Lipinski definition) is 2. The summed E-state index contributed by atoms with van der Waals surface area (Å²) in [6, 6.07) is 24.5. The van der Waals surface area contributed by atoms with E-state index in [9.17, 15) is 4.79 Å². The Hall–Kier alpha value is -3.64. The first kappa shape index (κ1) is 18.7. The zero-order valence-corrected chi connectivity index (χ0v) is 16.6. The molecule has 0 fully saturated rings. The minimum Gasteiger partial charge on any atom is -0.497 e. The van der Waals surface area contributed by atoms with Gasteiger partial charge in [-0.1, -0.05) is 36.4 Å². The van der Waals surface area contributed by atoms with Gasteiger partial charge < -0.3 is 15.4 Å². The second-order valence-corrected chi connectivity index (χ2v) is 7.15. The van der Waals surface area contributed by atoms with Crippen molar-refractivity contribution in [3.8, 4) is 17.0 Å². The number of benzene rings is 3. The standard InChI is InChI=1S/C23H19N3O2S/c1-28-20-9-5-8-19(14-20)25-23-26-21(15-29-23)16-10-12-18(13-11-16)24-22(27)17-6-3-2-4-7-17/h2-15H,1H3,(H,24,27)(H,25,26). The van der Waals surface area contributed by atoms with E-state index < -0.39 is 0 Å². The van der Waals surface area contributed by atoms with E-state index in [0.717, 1.165) is 33.5 Å². The number of rotatable bonds is 6. The third-order valence-corrected chi connectivity index (χ3v) is 5.06. The van der Waals surface area contributed by atoms with Gasteiger partial charge in [-0.2, -0.15) is 0 Å². The maximum absolute atomic E-state index is 12.3. The number of carbonyl (C=O) groups excluding carboxylic acids is 1. The van der Waals surface area contributed by atoms with E-state index in [-0.39, 0.29) is 5.91 Å². The summed E-state index contributed by atoms with van der Waals surface area (Å²) in [5.74, 6) is 0.664. The number of ether oxygens (including phenoxy) is 1. The monoisotopic (exact) mass is 401 g/mol. The lowest BCUT2D eigenvalue weighted by molar-refractivity contribution is 0.102. The normalized spacial score (nSPS) is 10.4. The number of nitrogens with one attached hydrogen (secondary N) is 2. The van der Waals surface area contributed by atoms with E-state index >= 15 is 0 Å². The molecule has 1 aromatic heterocycles. The molecule has 29 heavy (non-hydrogen) atoms. The van der Waals surface area contributed by atoms with Crippen LogP contribution in [0.3, 0.4) is 0 Å². The third kappa shape index (κ3) is 4.62. The van der Waals surface area contributed by atoms with Crippen molar-refractivity contribution in [2.24, 2.45) is 0 Å². The van der Waals surface area contributed by atoms with Gasteiger partial charge in [0, 0.05) is 33.9 Å². The zero-order chi connectivity index (χ0) is 20.1. The Morgan fingerprint density at radius 2 is 1.72 bits per heavy atom. The number of methoxy groups -OCH3 is 1. The lowest BCUT2D eigenvalue weighted by atomic mass is 10.1. The highest BCUT2D eigenvalue weighted by Crippen LogP contribution is 2.29. The average Bonchev–Trinajstić information content (AvgIpc) is 3.23. The molecule has 1 amide bonds. The van der Waals surface area contributed by atoms with Crippen LogP contribution in [-0.2, 0) is 0 Å².